The largest absolute Gasteiger partial charge is 0.414 e. The number of ether oxygens (including phenoxy) is 1. The molecule has 0 spiro atoms. The standard InChI is InChI=1S/C23H52O5Si3/c1-21(2,3)29(10,11)25-16-17-18(27-30(12,13)22(4,5)6)19(20(24)26-17)28-31(14,15)23(7,8)9/h17-20,24H,16H2,1-15H3/t17-,18?,19?,20?/m0/s1. The fourth-order valence-corrected chi connectivity index (χ4v) is 6.27. The van der Waals surface area contributed by atoms with E-state index in [1.165, 1.54) is 0 Å². The molecule has 5 nitrogen and oxygen atoms in total. The molecule has 0 aromatic heterocycles. The van der Waals surface area contributed by atoms with Gasteiger partial charge < -0.3 is 23.1 Å². The van der Waals surface area contributed by atoms with E-state index in [9.17, 15) is 5.11 Å². The quantitative estimate of drug-likeness (QED) is 0.411. The Bertz CT molecular complexity index is 600. The molecule has 31 heavy (non-hydrogen) atoms. The van der Waals surface area contributed by atoms with Crippen molar-refractivity contribution < 1.29 is 23.1 Å². The normalized spacial score (nSPS) is 27.1. The summed E-state index contributed by atoms with van der Waals surface area (Å²) in [6.07, 6.45) is -2.18. The van der Waals surface area contributed by atoms with E-state index in [2.05, 4.69) is 102 Å². The van der Waals surface area contributed by atoms with Crippen molar-refractivity contribution >= 4 is 25.0 Å². The summed E-state index contributed by atoms with van der Waals surface area (Å²) in [7, 11) is -6.20. The molecule has 4 atom stereocenters. The van der Waals surface area contributed by atoms with Crippen molar-refractivity contribution in [3.05, 3.63) is 0 Å². The van der Waals surface area contributed by atoms with Crippen molar-refractivity contribution in [1.82, 2.24) is 0 Å². The van der Waals surface area contributed by atoms with Gasteiger partial charge in [-0.05, 0) is 54.4 Å². The molecule has 0 radical (unpaired) electrons. The van der Waals surface area contributed by atoms with Crippen LogP contribution in [0.3, 0.4) is 0 Å². The van der Waals surface area contributed by atoms with E-state index in [1.807, 2.05) is 0 Å². The van der Waals surface area contributed by atoms with Crippen molar-refractivity contribution in [2.45, 2.75) is 141 Å². The Morgan fingerprint density at radius 2 is 1.00 bits per heavy atom. The highest BCUT2D eigenvalue weighted by molar-refractivity contribution is 6.75. The molecule has 186 valence electrons. The number of hydrogen-bond acceptors (Lipinski definition) is 5. The molecule has 1 aliphatic heterocycles. The molecule has 0 saturated carbocycles. The topological polar surface area (TPSA) is 57.2 Å². The van der Waals surface area contributed by atoms with Crippen molar-refractivity contribution in [3.8, 4) is 0 Å². The zero-order valence-electron chi connectivity index (χ0n) is 23.1. The summed E-state index contributed by atoms with van der Waals surface area (Å²) in [4.78, 5) is 0. The van der Waals surface area contributed by atoms with Crippen LogP contribution in [-0.2, 0) is 18.0 Å². The van der Waals surface area contributed by atoms with Crippen molar-refractivity contribution in [2.75, 3.05) is 6.61 Å². The molecule has 1 heterocycles. The van der Waals surface area contributed by atoms with E-state index < -0.39 is 37.3 Å². The van der Waals surface area contributed by atoms with Crippen molar-refractivity contribution in [3.63, 3.8) is 0 Å². The van der Waals surface area contributed by atoms with Crippen molar-refractivity contribution in [2.24, 2.45) is 0 Å². The molecule has 8 heteroatoms. The van der Waals surface area contributed by atoms with Gasteiger partial charge in [0.2, 0.25) is 0 Å². The first kappa shape index (κ1) is 29.5. The summed E-state index contributed by atoms with van der Waals surface area (Å²) in [6, 6.07) is 0. The fourth-order valence-electron chi connectivity index (χ4n) is 2.65. The van der Waals surface area contributed by atoms with Crippen LogP contribution in [0, 0.1) is 0 Å². The summed E-state index contributed by atoms with van der Waals surface area (Å²) in [5.41, 5.74) is 0. The lowest BCUT2D eigenvalue weighted by atomic mass is 10.1. The van der Waals surface area contributed by atoms with Crippen LogP contribution in [0.15, 0.2) is 0 Å². The van der Waals surface area contributed by atoms with Gasteiger partial charge in [-0.25, -0.2) is 0 Å². The van der Waals surface area contributed by atoms with E-state index >= 15 is 0 Å². The second kappa shape index (κ2) is 9.24. The van der Waals surface area contributed by atoms with Gasteiger partial charge in [-0.1, -0.05) is 62.3 Å². The minimum atomic E-state index is -2.13. The maximum absolute atomic E-state index is 10.9. The highest BCUT2D eigenvalue weighted by Gasteiger charge is 2.54. The van der Waals surface area contributed by atoms with Crippen LogP contribution in [0.5, 0.6) is 0 Å². The Hall–Kier alpha value is 0.451. The van der Waals surface area contributed by atoms with Crippen LogP contribution in [0.25, 0.3) is 0 Å². The monoisotopic (exact) mass is 492 g/mol. The summed E-state index contributed by atoms with van der Waals surface area (Å²) < 4.78 is 26.1. The molecule has 0 bridgehead atoms. The first-order chi connectivity index (χ1) is 13.4. The first-order valence-electron chi connectivity index (χ1n) is 11.8. The van der Waals surface area contributed by atoms with Gasteiger partial charge in [0.15, 0.2) is 31.2 Å². The lowest BCUT2D eigenvalue weighted by molar-refractivity contribution is -0.129. The van der Waals surface area contributed by atoms with Gasteiger partial charge in [0.25, 0.3) is 0 Å². The van der Waals surface area contributed by atoms with Crippen molar-refractivity contribution in [1.29, 1.82) is 0 Å². The molecular formula is C23H52O5Si3. The third kappa shape index (κ3) is 6.97. The highest BCUT2D eigenvalue weighted by atomic mass is 28.4. The fraction of sp³-hybridized carbons (Fsp3) is 1.00. The number of aliphatic hydroxyl groups excluding tert-OH is 1. The number of aliphatic hydroxyl groups is 1. The lowest BCUT2D eigenvalue weighted by Gasteiger charge is -2.44. The Morgan fingerprint density at radius 1 is 0.645 bits per heavy atom. The molecule has 0 amide bonds. The Kier molecular flexibility index (Phi) is 8.79. The summed E-state index contributed by atoms with van der Waals surface area (Å²) in [5.74, 6) is 0. The molecule has 1 rings (SSSR count). The van der Waals surface area contributed by atoms with Gasteiger partial charge in [-0.15, -0.1) is 0 Å². The van der Waals surface area contributed by atoms with Gasteiger partial charge in [0.05, 0.1) is 6.61 Å². The van der Waals surface area contributed by atoms with Crippen LogP contribution < -0.4 is 0 Å². The number of rotatable bonds is 7. The van der Waals surface area contributed by atoms with Crippen LogP contribution in [0.1, 0.15) is 62.3 Å². The van der Waals surface area contributed by atoms with Crippen LogP contribution in [0.2, 0.25) is 54.4 Å². The minimum absolute atomic E-state index is 0.0317. The molecule has 1 N–H and O–H groups in total. The smallest absolute Gasteiger partial charge is 0.192 e. The third-order valence-electron chi connectivity index (χ3n) is 8.17. The molecule has 0 aliphatic carbocycles. The molecule has 1 fully saturated rings. The second-order valence-corrected chi connectivity index (χ2v) is 28.1. The second-order valence-electron chi connectivity index (χ2n) is 13.8. The zero-order valence-corrected chi connectivity index (χ0v) is 26.1. The summed E-state index contributed by atoms with van der Waals surface area (Å²) >= 11 is 0. The average Bonchev–Trinajstić information content (AvgIpc) is 2.77. The Labute approximate surface area is 196 Å². The number of hydrogen-bond donors (Lipinski definition) is 1. The predicted octanol–water partition coefficient (Wildman–Crippen LogP) is 6.51. The average molecular weight is 493 g/mol. The van der Waals surface area contributed by atoms with Gasteiger partial charge in [-0.3, -0.25) is 0 Å². The van der Waals surface area contributed by atoms with E-state index in [0.717, 1.165) is 0 Å². The summed E-state index contributed by atoms with van der Waals surface area (Å²) in [5, 5.41) is 11.1. The van der Waals surface area contributed by atoms with Gasteiger partial charge >= 0.3 is 0 Å². The Morgan fingerprint density at radius 3 is 1.35 bits per heavy atom. The molecule has 1 saturated heterocycles. The van der Waals surface area contributed by atoms with E-state index in [1.54, 1.807) is 0 Å². The SMILES string of the molecule is CC(C)(C)[Si](C)(C)OC[C@@H]1OC(O)C(O[Si](C)(C)C(C)(C)C)C1O[Si](C)(C)C(C)(C)C. The van der Waals surface area contributed by atoms with Crippen LogP contribution in [0.4, 0.5) is 0 Å². The van der Waals surface area contributed by atoms with Crippen LogP contribution in [-0.4, -0.2) is 61.3 Å². The molecule has 3 unspecified atom stereocenters. The molecular weight excluding hydrogens is 441 g/mol. The lowest BCUT2D eigenvalue weighted by Crippen LogP contribution is -2.55. The van der Waals surface area contributed by atoms with E-state index in [-0.39, 0.29) is 27.3 Å². The minimum Gasteiger partial charge on any atom is -0.414 e. The van der Waals surface area contributed by atoms with Crippen LogP contribution >= 0.6 is 0 Å². The first-order valence-corrected chi connectivity index (χ1v) is 20.5. The third-order valence-corrected chi connectivity index (χ3v) is 21.6. The molecule has 0 aromatic carbocycles. The Balaban J connectivity index is 3.22. The molecule has 1 aliphatic rings. The molecule has 0 aromatic rings. The summed E-state index contributed by atoms with van der Waals surface area (Å²) in [6.45, 7) is 33.8. The predicted molar refractivity (Wildman–Crippen MR) is 138 cm³/mol. The van der Waals surface area contributed by atoms with E-state index in [4.69, 9.17) is 18.0 Å². The maximum Gasteiger partial charge on any atom is 0.192 e. The zero-order chi connectivity index (χ0) is 24.8. The van der Waals surface area contributed by atoms with E-state index in [0.29, 0.717) is 6.61 Å². The van der Waals surface area contributed by atoms with Gasteiger partial charge in [-0.2, -0.15) is 0 Å². The van der Waals surface area contributed by atoms with Gasteiger partial charge in [0, 0.05) is 0 Å². The highest BCUT2D eigenvalue weighted by Crippen LogP contribution is 2.44. The van der Waals surface area contributed by atoms with Gasteiger partial charge in [0.1, 0.15) is 18.3 Å². The maximum atomic E-state index is 10.9.